The van der Waals surface area contributed by atoms with Crippen LogP contribution >= 0.6 is 0 Å². The normalized spacial score (nSPS) is 14.4. The van der Waals surface area contributed by atoms with Gasteiger partial charge in [-0.2, -0.15) is 8.42 Å². The highest BCUT2D eigenvalue weighted by Crippen LogP contribution is 2.22. The summed E-state index contributed by atoms with van der Waals surface area (Å²) in [6, 6.07) is 8.76. The van der Waals surface area contributed by atoms with Crippen molar-refractivity contribution in [2.45, 2.75) is 58.9 Å². The van der Waals surface area contributed by atoms with Crippen LogP contribution in [0.5, 0.6) is 0 Å². The van der Waals surface area contributed by atoms with Crippen LogP contribution in [0.1, 0.15) is 58.6 Å². The van der Waals surface area contributed by atoms with E-state index >= 15 is 0 Å². The summed E-state index contributed by atoms with van der Waals surface area (Å²) >= 11 is 0. The monoisotopic (exact) mass is 367 g/mol. The molecule has 1 rings (SSSR count). The quantitative estimate of drug-likeness (QED) is 0.505. The summed E-state index contributed by atoms with van der Waals surface area (Å²) < 4.78 is 30.3. The second-order valence-corrected chi connectivity index (χ2v) is 9.63. The molecule has 0 aliphatic rings. The van der Waals surface area contributed by atoms with Crippen LogP contribution in [0.15, 0.2) is 30.3 Å². The van der Waals surface area contributed by atoms with Gasteiger partial charge in [0.1, 0.15) is 0 Å². The van der Waals surface area contributed by atoms with Gasteiger partial charge in [0.25, 0.3) is 10.1 Å². The van der Waals surface area contributed by atoms with Crippen molar-refractivity contribution in [3.05, 3.63) is 41.5 Å². The predicted octanol–water partition coefficient (Wildman–Crippen LogP) is 4.28. The van der Waals surface area contributed by atoms with E-state index in [1.165, 1.54) is 5.56 Å². The van der Waals surface area contributed by atoms with Crippen LogP contribution in [0.3, 0.4) is 0 Å². The highest BCUT2D eigenvalue weighted by Gasteiger charge is 2.12. The molecule has 142 valence electrons. The van der Waals surface area contributed by atoms with Gasteiger partial charge in [0.05, 0.1) is 5.75 Å². The van der Waals surface area contributed by atoms with E-state index in [0.29, 0.717) is 18.9 Å². The van der Waals surface area contributed by atoms with Gasteiger partial charge in [0.2, 0.25) is 0 Å². The van der Waals surface area contributed by atoms with E-state index in [1.807, 2.05) is 0 Å². The zero-order valence-electron chi connectivity index (χ0n) is 16.1. The molecule has 5 heteroatoms. The minimum atomic E-state index is -3.87. The minimum absolute atomic E-state index is 0.150. The number of nitrogens with one attached hydrogen (secondary N) is 1. The zero-order chi connectivity index (χ0) is 19.1. The Morgan fingerprint density at radius 2 is 1.76 bits per heavy atom. The Hall–Kier alpha value is -1.17. The van der Waals surface area contributed by atoms with E-state index < -0.39 is 10.1 Å². The van der Waals surface area contributed by atoms with Crippen molar-refractivity contribution < 1.29 is 13.0 Å². The zero-order valence-corrected chi connectivity index (χ0v) is 16.9. The molecule has 0 amide bonds. The van der Waals surface area contributed by atoms with E-state index in [0.717, 1.165) is 12.0 Å². The van der Waals surface area contributed by atoms with Gasteiger partial charge in [-0.05, 0) is 41.8 Å². The Morgan fingerprint density at radius 3 is 2.24 bits per heavy atom. The molecule has 0 heterocycles. The van der Waals surface area contributed by atoms with Gasteiger partial charge >= 0.3 is 0 Å². The summed E-state index contributed by atoms with van der Waals surface area (Å²) in [4.78, 5) is 0. The number of rotatable bonds is 9. The lowest BCUT2D eigenvalue weighted by molar-refractivity contribution is 0.462. The van der Waals surface area contributed by atoms with Crippen LogP contribution < -0.4 is 5.32 Å². The average Bonchev–Trinajstić information content (AvgIpc) is 2.47. The van der Waals surface area contributed by atoms with Crippen molar-refractivity contribution in [1.29, 1.82) is 0 Å². The third-order valence-electron chi connectivity index (χ3n) is 4.01. The lowest BCUT2D eigenvalue weighted by Crippen LogP contribution is -2.30. The van der Waals surface area contributed by atoms with Gasteiger partial charge in [0, 0.05) is 6.04 Å². The molecule has 25 heavy (non-hydrogen) atoms. The fourth-order valence-electron chi connectivity index (χ4n) is 2.60. The van der Waals surface area contributed by atoms with Gasteiger partial charge in [-0.1, -0.05) is 71.0 Å². The lowest BCUT2D eigenvalue weighted by Gasteiger charge is -2.19. The minimum Gasteiger partial charge on any atom is -0.310 e. The molecular weight excluding hydrogens is 334 g/mol. The summed E-state index contributed by atoms with van der Waals surface area (Å²) in [6.45, 7) is 11.5. The Bertz CT molecular complexity index is 641. The number of hydrogen-bond donors (Lipinski definition) is 2. The maximum atomic E-state index is 10.8. The van der Waals surface area contributed by atoms with Gasteiger partial charge in [0.15, 0.2) is 0 Å². The maximum absolute atomic E-state index is 10.8. The van der Waals surface area contributed by atoms with Crippen molar-refractivity contribution in [2.75, 3.05) is 12.3 Å². The largest absolute Gasteiger partial charge is 0.310 e. The van der Waals surface area contributed by atoms with E-state index in [4.69, 9.17) is 4.55 Å². The Balaban J connectivity index is 2.65. The molecular formula is C20H33NO3S. The van der Waals surface area contributed by atoms with Crippen molar-refractivity contribution in [2.24, 2.45) is 5.92 Å². The highest BCUT2D eigenvalue weighted by molar-refractivity contribution is 7.85. The average molecular weight is 368 g/mol. The molecule has 1 aromatic rings. The summed E-state index contributed by atoms with van der Waals surface area (Å²) in [5, 5.41) is 3.37. The summed E-state index contributed by atoms with van der Waals surface area (Å²) in [5.41, 5.74) is 2.62. The van der Waals surface area contributed by atoms with Crippen LogP contribution in [0, 0.1) is 5.92 Å². The first-order valence-electron chi connectivity index (χ1n) is 8.94. The number of benzene rings is 1. The fourth-order valence-corrected chi connectivity index (χ4v) is 3.11. The van der Waals surface area contributed by atoms with E-state index in [2.05, 4.69) is 76.4 Å². The molecule has 0 radical (unpaired) electrons. The van der Waals surface area contributed by atoms with Crippen molar-refractivity contribution in [3.8, 4) is 0 Å². The van der Waals surface area contributed by atoms with Crippen LogP contribution in [-0.4, -0.2) is 31.3 Å². The van der Waals surface area contributed by atoms with Crippen LogP contribution in [0.25, 0.3) is 6.08 Å². The first-order valence-corrected chi connectivity index (χ1v) is 10.6. The second-order valence-electron chi connectivity index (χ2n) is 8.06. The molecule has 0 bridgehead atoms. The van der Waals surface area contributed by atoms with Crippen molar-refractivity contribution in [1.82, 2.24) is 5.32 Å². The SMILES string of the molecule is CC(C)C[C@@H](/C=C/c1ccc(C(C)(C)C)cc1)NCCCS(=O)(=O)O. The third-order valence-corrected chi connectivity index (χ3v) is 4.81. The Morgan fingerprint density at radius 1 is 1.16 bits per heavy atom. The summed E-state index contributed by atoms with van der Waals surface area (Å²) in [5.74, 6) is 0.332. The van der Waals surface area contributed by atoms with E-state index in [9.17, 15) is 8.42 Å². The molecule has 1 aromatic carbocycles. The molecule has 0 saturated heterocycles. The molecule has 0 fully saturated rings. The Kier molecular flexibility index (Phi) is 8.32. The molecule has 0 aliphatic heterocycles. The lowest BCUT2D eigenvalue weighted by atomic mass is 9.86. The molecule has 0 aliphatic carbocycles. The molecule has 1 atom stereocenters. The smallest absolute Gasteiger partial charge is 0.264 e. The Labute approximate surface area is 153 Å². The molecule has 4 nitrogen and oxygen atoms in total. The first kappa shape index (κ1) is 21.9. The van der Waals surface area contributed by atoms with Crippen LogP contribution in [0.4, 0.5) is 0 Å². The first-order chi connectivity index (χ1) is 11.5. The maximum Gasteiger partial charge on any atom is 0.264 e. The summed E-state index contributed by atoms with van der Waals surface area (Å²) in [6.07, 6.45) is 5.62. The van der Waals surface area contributed by atoms with Gasteiger partial charge in [-0.15, -0.1) is 0 Å². The van der Waals surface area contributed by atoms with Crippen LogP contribution in [-0.2, 0) is 15.5 Å². The number of hydrogen-bond acceptors (Lipinski definition) is 3. The van der Waals surface area contributed by atoms with Crippen molar-refractivity contribution >= 4 is 16.2 Å². The predicted molar refractivity (Wildman–Crippen MR) is 106 cm³/mol. The third kappa shape index (κ3) is 9.78. The standard InChI is InChI=1S/C20H33NO3S/c1-16(2)15-19(21-13-6-14-25(22,23)24)12-9-17-7-10-18(11-8-17)20(3,4)5/h7-12,16,19,21H,6,13-15H2,1-5H3,(H,22,23,24)/b12-9+/t19-/m1/s1. The molecule has 0 unspecified atom stereocenters. The molecule has 2 N–H and O–H groups in total. The van der Waals surface area contributed by atoms with Gasteiger partial charge in [-0.25, -0.2) is 0 Å². The van der Waals surface area contributed by atoms with E-state index in [-0.39, 0.29) is 17.2 Å². The molecule has 0 spiro atoms. The van der Waals surface area contributed by atoms with E-state index in [1.54, 1.807) is 0 Å². The topological polar surface area (TPSA) is 66.4 Å². The van der Waals surface area contributed by atoms with Gasteiger partial charge < -0.3 is 5.32 Å². The molecule has 0 saturated carbocycles. The fraction of sp³-hybridized carbons (Fsp3) is 0.600. The van der Waals surface area contributed by atoms with Crippen molar-refractivity contribution in [3.63, 3.8) is 0 Å². The molecule has 0 aromatic heterocycles. The highest BCUT2D eigenvalue weighted by atomic mass is 32.2. The van der Waals surface area contributed by atoms with Crippen LogP contribution in [0.2, 0.25) is 0 Å². The summed E-state index contributed by atoms with van der Waals surface area (Å²) in [7, 11) is -3.87. The second kappa shape index (κ2) is 9.51. The van der Waals surface area contributed by atoms with Gasteiger partial charge in [-0.3, -0.25) is 4.55 Å².